The van der Waals surface area contributed by atoms with Gasteiger partial charge >= 0.3 is 0 Å². The van der Waals surface area contributed by atoms with E-state index in [1.165, 1.54) is 40.4 Å². The Labute approximate surface area is 412 Å². The van der Waals surface area contributed by atoms with Gasteiger partial charge in [0.15, 0.2) is 0 Å². The fraction of sp³-hybridized carbons (Fsp3) is 0.383. The number of nitrogens with two attached hydrogens (primary N) is 1. The van der Waals surface area contributed by atoms with E-state index in [-0.39, 0.29) is 73.9 Å². The minimum atomic E-state index is -0.714. The summed E-state index contributed by atoms with van der Waals surface area (Å²) < 4.78 is 17.1. The van der Waals surface area contributed by atoms with Gasteiger partial charge in [-0.25, -0.2) is 15.0 Å². The Morgan fingerprint density at radius 2 is 1.50 bits per heavy atom. The number of benzene rings is 2. The van der Waals surface area contributed by atoms with Crippen LogP contribution in [0.4, 0.5) is 11.9 Å². The normalized spacial score (nSPS) is 11.8. The number of nitrogens with zero attached hydrogens (tertiary/aromatic N) is 9. The molecule has 4 N–H and O–H groups in total. The number of thiazole rings is 1. The molecule has 4 heterocycles. The minimum Gasteiger partial charge on any atom is -0.494 e. The van der Waals surface area contributed by atoms with Gasteiger partial charge in [0.2, 0.25) is 29.6 Å². The summed E-state index contributed by atoms with van der Waals surface area (Å²) in [6, 6.07) is 7.86. The number of allylic oxidation sites excluding steroid dienone is 2. The number of amides is 5. The first-order valence-electron chi connectivity index (χ1n) is 22.4. The second-order valence-corrected chi connectivity index (χ2v) is 18.1. The van der Waals surface area contributed by atoms with Crippen molar-refractivity contribution >= 4 is 100 Å². The molecular weight excluding hydrogens is 941 g/mol. The molecule has 0 aliphatic rings. The standard InChI is InChI=1S/C47H56N12O9S2/c1-8-32-42(70-28(4)49-32)45(66)53-47-50-33-20-29(25-60)21-37(68-18-12-14-55(5)38(62)13-17-56(6)39(63)24-31(69)26-61)41(33)58(47)16-11-10-15-57-40-34(22-30(43(48)64)23-36(40)67-7)51-46(57)52-44(65)35-19-27(3)54-59(35)9-2/h10-11,19-23,25-26,31,69H,8-9,12-18,24H2,1-7H3,(H2,48,64)(H,50,53,66)(H,51,52,65)/b11-10+. The van der Waals surface area contributed by atoms with E-state index in [1.54, 1.807) is 53.0 Å². The second kappa shape index (κ2) is 23.3. The summed E-state index contributed by atoms with van der Waals surface area (Å²) in [6.45, 7) is 8.72. The van der Waals surface area contributed by atoms with Crippen LogP contribution in [0.15, 0.2) is 42.5 Å². The number of carbonyl (C=O) groups is 7. The van der Waals surface area contributed by atoms with E-state index in [4.69, 9.17) is 25.2 Å². The molecule has 23 heteroatoms. The quantitative estimate of drug-likeness (QED) is 0.0273. The number of hydrogen-bond donors (Lipinski definition) is 4. The number of aromatic nitrogens is 7. The molecule has 0 radical (unpaired) electrons. The number of thiol groups is 1. The van der Waals surface area contributed by atoms with Crippen molar-refractivity contribution in [1.82, 2.24) is 43.7 Å². The number of aldehydes is 2. The first kappa shape index (κ1) is 52.0. The smallest absolute Gasteiger partial charge is 0.276 e. The number of hydrogen-bond acceptors (Lipinski definition) is 15. The van der Waals surface area contributed by atoms with Gasteiger partial charge in [0, 0.05) is 70.8 Å². The largest absolute Gasteiger partial charge is 0.494 e. The van der Waals surface area contributed by atoms with Crippen LogP contribution in [0.5, 0.6) is 11.5 Å². The highest BCUT2D eigenvalue weighted by atomic mass is 32.1. The molecule has 21 nitrogen and oxygen atoms in total. The maximum absolute atomic E-state index is 13.9. The van der Waals surface area contributed by atoms with Crippen molar-refractivity contribution in [3.63, 3.8) is 0 Å². The molecule has 4 aromatic heterocycles. The summed E-state index contributed by atoms with van der Waals surface area (Å²) in [4.78, 5) is 106. The van der Waals surface area contributed by atoms with Crippen LogP contribution in [0.1, 0.15) is 90.4 Å². The lowest BCUT2D eigenvalue weighted by Crippen LogP contribution is -2.35. The van der Waals surface area contributed by atoms with Gasteiger partial charge in [-0.05, 0) is 63.9 Å². The molecule has 0 aliphatic carbocycles. The third-order valence-corrected chi connectivity index (χ3v) is 12.5. The number of anilines is 2. The molecular formula is C47H56N12O9S2. The Hall–Kier alpha value is -7.40. The molecule has 6 rings (SSSR count). The molecule has 0 spiro atoms. The third-order valence-electron chi connectivity index (χ3n) is 11.2. The summed E-state index contributed by atoms with van der Waals surface area (Å²) in [7, 11) is 4.66. The Balaban J connectivity index is 1.30. The zero-order valence-corrected chi connectivity index (χ0v) is 41.7. The van der Waals surface area contributed by atoms with Gasteiger partial charge < -0.3 is 38.9 Å². The lowest BCUT2D eigenvalue weighted by Gasteiger charge is -2.21. The summed E-state index contributed by atoms with van der Waals surface area (Å²) in [5.41, 5.74) is 9.37. The highest BCUT2D eigenvalue weighted by Gasteiger charge is 2.24. The number of carbonyl (C=O) groups excluding carboxylic acids is 7. The van der Waals surface area contributed by atoms with Gasteiger partial charge in [-0.1, -0.05) is 19.1 Å². The van der Waals surface area contributed by atoms with Crippen LogP contribution in [0.2, 0.25) is 0 Å². The Kier molecular flexibility index (Phi) is 17.3. The summed E-state index contributed by atoms with van der Waals surface area (Å²) in [5.74, 6) is -1.13. The molecule has 370 valence electrons. The van der Waals surface area contributed by atoms with Crippen LogP contribution in [0, 0.1) is 13.8 Å². The van der Waals surface area contributed by atoms with Crippen molar-refractivity contribution < 1.29 is 43.0 Å². The van der Waals surface area contributed by atoms with E-state index in [9.17, 15) is 33.6 Å². The molecule has 1 atom stereocenters. The zero-order chi connectivity index (χ0) is 50.8. The van der Waals surface area contributed by atoms with Crippen LogP contribution >= 0.6 is 24.0 Å². The molecule has 0 saturated heterocycles. The fourth-order valence-electron chi connectivity index (χ4n) is 7.61. The topological polar surface area (TPSA) is 261 Å². The molecule has 5 amide bonds. The lowest BCUT2D eigenvalue weighted by atomic mass is 10.1. The first-order valence-corrected chi connectivity index (χ1v) is 23.7. The Morgan fingerprint density at radius 3 is 2.11 bits per heavy atom. The van der Waals surface area contributed by atoms with E-state index in [0.717, 1.165) is 5.01 Å². The van der Waals surface area contributed by atoms with E-state index in [1.807, 2.05) is 32.9 Å². The van der Waals surface area contributed by atoms with E-state index >= 15 is 0 Å². The van der Waals surface area contributed by atoms with Crippen molar-refractivity contribution in [3.8, 4) is 11.5 Å². The number of ether oxygens (including phenoxy) is 2. The van der Waals surface area contributed by atoms with Gasteiger partial charge in [0.05, 0.1) is 46.4 Å². The zero-order valence-electron chi connectivity index (χ0n) is 40.0. The number of aryl methyl sites for hydroxylation is 4. The summed E-state index contributed by atoms with van der Waals surface area (Å²) in [5, 5.41) is 10.3. The minimum absolute atomic E-state index is 0.0623. The first-order chi connectivity index (χ1) is 33.5. The van der Waals surface area contributed by atoms with Gasteiger partial charge in [0.25, 0.3) is 11.8 Å². The highest BCUT2D eigenvalue weighted by Crippen LogP contribution is 2.33. The summed E-state index contributed by atoms with van der Waals surface area (Å²) in [6.07, 6.45) is 5.85. The molecule has 2 aromatic carbocycles. The molecule has 1 unspecified atom stereocenters. The van der Waals surface area contributed by atoms with Crippen molar-refractivity contribution in [1.29, 1.82) is 0 Å². The number of primary amides is 1. The molecule has 0 aliphatic heterocycles. The van der Waals surface area contributed by atoms with Gasteiger partial charge in [-0.15, -0.1) is 11.3 Å². The molecule has 0 bridgehead atoms. The lowest BCUT2D eigenvalue weighted by molar-refractivity contribution is -0.133. The maximum atomic E-state index is 13.9. The van der Waals surface area contributed by atoms with Crippen LogP contribution in [0.3, 0.4) is 0 Å². The van der Waals surface area contributed by atoms with Crippen molar-refractivity contribution in [3.05, 3.63) is 80.6 Å². The number of methoxy groups -OCH3 is 1. The van der Waals surface area contributed by atoms with Crippen LogP contribution in [0.25, 0.3) is 22.1 Å². The van der Waals surface area contributed by atoms with E-state index in [2.05, 4.69) is 33.3 Å². The van der Waals surface area contributed by atoms with Gasteiger partial charge in [-0.2, -0.15) is 17.7 Å². The summed E-state index contributed by atoms with van der Waals surface area (Å²) >= 11 is 5.32. The van der Waals surface area contributed by atoms with Crippen molar-refractivity contribution in [2.75, 3.05) is 51.5 Å². The van der Waals surface area contributed by atoms with Crippen LogP contribution in [-0.2, 0) is 40.4 Å². The number of rotatable bonds is 24. The van der Waals surface area contributed by atoms with Crippen molar-refractivity contribution in [2.24, 2.45) is 5.73 Å². The number of imidazole rings is 2. The average molecular weight is 997 g/mol. The van der Waals surface area contributed by atoms with E-state index in [0.29, 0.717) is 94.0 Å². The monoisotopic (exact) mass is 996 g/mol. The van der Waals surface area contributed by atoms with Gasteiger partial charge in [-0.3, -0.25) is 44.1 Å². The predicted octanol–water partition coefficient (Wildman–Crippen LogP) is 4.88. The Bertz CT molecular complexity index is 2990. The van der Waals surface area contributed by atoms with Crippen LogP contribution in [-0.4, -0.2) is 132 Å². The van der Waals surface area contributed by atoms with E-state index < -0.39 is 23.0 Å². The molecule has 0 saturated carbocycles. The molecule has 70 heavy (non-hydrogen) atoms. The molecule has 0 fully saturated rings. The predicted molar refractivity (Wildman–Crippen MR) is 267 cm³/mol. The molecule has 6 aromatic rings. The second-order valence-electron chi connectivity index (χ2n) is 16.2. The SMILES string of the molecule is CCc1nc(C)sc1C(=O)Nc1nc2cc(C=O)cc(OCCCN(C)C(=O)CCN(C)C(=O)CC(S)C=O)c2n1C/C=C/Cn1c(NC(=O)c2cc(C)nn2CC)nc2cc(C(N)=O)cc(OC)c21. The van der Waals surface area contributed by atoms with Crippen LogP contribution < -0.4 is 25.8 Å². The number of nitrogens with one attached hydrogen (secondary N) is 2. The average Bonchev–Trinajstić information content (AvgIpc) is 4.11. The maximum Gasteiger partial charge on any atom is 0.276 e. The highest BCUT2D eigenvalue weighted by molar-refractivity contribution is 7.81. The van der Waals surface area contributed by atoms with Gasteiger partial charge in [0.1, 0.15) is 45.7 Å². The number of fused-ring (bicyclic) bond motifs is 2. The van der Waals surface area contributed by atoms with Crippen molar-refractivity contribution in [2.45, 2.75) is 78.3 Å². The fourth-order valence-corrected chi connectivity index (χ4v) is 8.67. The Morgan fingerprint density at radius 1 is 0.857 bits per heavy atom. The third kappa shape index (κ3) is 12.1.